The van der Waals surface area contributed by atoms with Crippen LogP contribution < -0.4 is 4.74 Å². The van der Waals surface area contributed by atoms with E-state index in [0.29, 0.717) is 0 Å². The third-order valence-electron chi connectivity index (χ3n) is 7.23. The first kappa shape index (κ1) is 24.8. The lowest BCUT2D eigenvalue weighted by Crippen LogP contribution is -2.15. The first-order chi connectivity index (χ1) is 15.8. The summed E-state index contributed by atoms with van der Waals surface area (Å²) in [6.45, 7) is 5.16. The molecule has 0 aliphatic heterocycles. The number of hydrogen-bond acceptors (Lipinski definition) is 2. The van der Waals surface area contributed by atoms with Crippen molar-refractivity contribution in [2.75, 3.05) is 6.61 Å². The zero-order valence-electron chi connectivity index (χ0n) is 20.7. The van der Waals surface area contributed by atoms with Crippen LogP contribution in [-0.2, 0) is 6.42 Å². The summed E-state index contributed by atoms with van der Waals surface area (Å²) in [5, 5.41) is 0. The molecule has 1 saturated carbocycles. The second-order valence-corrected chi connectivity index (χ2v) is 9.91. The van der Waals surface area contributed by atoms with E-state index in [1.807, 2.05) is 12.3 Å². The molecule has 1 aromatic heterocycles. The van der Waals surface area contributed by atoms with E-state index < -0.39 is 0 Å². The Balaban J connectivity index is 1.33. The van der Waals surface area contributed by atoms with Gasteiger partial charge in [0.15, 0.2) is 0 Å². The van der Waals surface area contributed by atoms with Gasteiger partial charge in [0.25, 0.3) is 0 Å². The fraction of sp³-hybridized carbons (Fsp3) is 0.633. The summed E-state index contributed by atoms with van der Waals surface area (Å²) in [6.07, 6.45) is 21.4. The van der Waals surface area contributed by atoms with E-state index in [1.165, 1.54) is 94.6 Å². The molecule has 176 valence electrons. The molecule has 2 aromatic rings. The number of rotatable bonds is 14. The highest BCUT2D eigenvalue weighted by molar-refractivity contribution is 5.59. The Morgan fingerprint density at radius 1 is 0.750 bits per heavy atom. The number of pyridine rings is 1. The molecule has 2 heteroatoms. The monoisotopic (exact) mass is 435 g/mol. The molecule has 2 nitrogen and oxygen atoms in total. The average molecular weight is 436 g/mol. The van der Waals surface area contributed by atoms with Crippen LogP contribution in [-0.4, -0.2) is 11.6 Å². The van der Waals surface area contributed by atoms with Crippen molar-refractivity contribution in [3.05, 3.63) is 48.2 Å². The molecule has 0 N–H and O–H groups in total. The van der Waals surface area contributed by atoms with Gasteiger partial charge in [-0.15, -0.1) is 0 Å². The minimum Gasteiger partial charge on any atom is -0.492 e. The quantitative estimate of drug-likeness (QED) is 0.276. The Kier molecular flexibility index (Phi) is 11.1. The minimum atomic E-state index is 0.747. The van der Waals surface area contributed by atoms with Crippen molar-refractivity contribution >= 4 is 0 Å². The van der Waals surface area contributed by atoms with Gasteiger partial charge in [0, 0.05) is 5.56 Å². The highest BCUT2D eigenvalue weighted by atomic mass is 16.5. The van der Waals surface area contributed by atoms with E-state index in [2.05, 4.69) is 49.2 Å². The predicted octanol–water partition coefficient (Wildman–Crippen LogP) is 9.03. The maximum absolute atomic E-state index is 5.64. The second-order valence-electron chi connectivity index (χ2n) is 9.91. The van der Waals surface area contributed by atoms with E-state index in [-0.39, 0.29) is 0 Å². The van der Waals surface area contributed by atoms with Crippen LogP contribution in [0.5, 0.6) is 5.75 Å². The summed E-state index contributed by atoms with van der Waals surface area (Å²) in [5.41, 5.74) is 3.67. The van der Waals surface area contributed by atoms with Crippen molar-refractivity contribution in [1.82, 2.24) is 4.98 Å². The minimum absolute atomic E-state index is 0.747. The van der Waals surface area contributed by atoms with Crippen molar-refractivity contribution in [3.63, 3.8) is 0 Å². The lowest BCUT2D eigenvalue weighted by atomic mass is 9.77. The van der Waals surface area contributed by atoms with Gasteiger partial charge >= 0.3 is 0 Å². The summed E-state index contributed by atoms with van der Waals surface area (Å²) in [6, 6.07) is 13.1. The maximum Gasteiger partial charge on any atom is 0.137 e. The van der Waals surface area contributed by atoms with Gasteiger partial charge in [-0.1, -0.05) is 109 Å². The lowest BCUT2D eigenvalue weighted by molar-refractivity contribution is 0.248. The van der Waals surface area contributed by atoms with Crippen LogP contribution in [0.15, 0.2) is 42.6 Å². The molecular weight excluding hydrogens is 390 g/mol. The second kappa shape index (κ2) is 14.3. The third-order valence-corrected chi connectivity index (χ3v) is 7.23. The smallest absolute Gasteiger partial charge is 0.137 e. The molecule has 1 aliphatic rings. The summed E-state index contributed by atoms with van der Waals surface area (Å²) in [4.78, 5) is 4.57. The molecule has 0 amide bonds. The Morgan fingerprint density at radius 2 is 1.44 bits per heavy atom. The van der Waals surface area contributed by atoms with E-state index in [9.17, 15) is 0 Å². The topological polar surface area (TPSA) is 22.1 Å². The summed E-state index contributed by atoms with van der Waals surface area (Å²) in [7, 11) is 0. The molecule has 0 atom stereocenters. The molecule has 0 saturated heterocycles. The average Bonchev–Trinajstić information content (AvgIpc) is 2.85. The molecule has 1 heterocycles. The van der Waals surface area contributed by atoms with Gasteiger partial charge in [-0.05, 0) is 48.8 Å². The van der Waals surface area contributed by atoms with Crippen molar-refractivity contribution in [2.24, 2.45) is 11.8 Å². The van der Waals surface area contributed by atoms with E-state index >= 15 is 0 Å². The summed E-state index contributed by atoms with van der Waals surface area (Å²) >= 11 is 0. The van der Waals surface area contributed by atoms with Gasteiger partial charge in [0.05, 0.1) is 18.5 Å². The van der Waals surface area contributed by atoms with Crippen LogP contribution in [0.4, 0.5) is 0 Å². The zero-order valence-corrected chi connectivity index (χ0v) is 20.7. The first-order valence-electron chi connectivity index (χ1n) is 13.5. The maximum atomic E-state index is 5.64. The van der Waals surface area contributed by atoms with Crippen LogP contribution >= 0.6 is 0 Å². The fourth-order valence-electron chi connectivity index (χ4n) is 5.09. The van der Waals surface area contributed by atoms with E-state index in [1.54, 1.807) is 0 Å². The molecule has 1 aliphatic carbocycles. The van der Waals surface area contributed by atoms with E-state index in [0.717, 1.165) is 36.3 Å². The normalized spacial score (nSPS) is 18.6. The number of benzene rings is 1. The number of unbranched alkanes of at least 4 members (excludes halogenated alkanes) is 5. The summed E-state index contributed by atoms with van der Waals surface area (Å²) < 4.78 is 5.64. The van der Waals surface area contributed by atoms with Gasteiger partial charge in [-0.2, -0.15) is 0 Å². The van der Waals surface area contributed by atoms with Crippen LogP contribution in [0, 0.1) is 11.8 Å². The Bertz CT molecular complexity index is 728. The van der Waals surface area contributed by atoms with Gasteiger partial charge in [-0.3, -0.25) is 4.98 Å². The van der Waals surface area contributed by atoms with Gasteiger partial charge < -0.3 is 4.74 Å². The third kappa shape index (κ3) is 8.60. The van der Waals surface area contributed by atoms with Crippen LogP contribution in [0.3, 0.4) is 0 Å². The highest BCUT2D eigenvalue weighted by Gasteiger charge is 2.20. The molecule has 0 unspecified atom stereocenters. The number of hydrogen-bond donors (Lipinski definition) is 0. The number of nitrogens with zero attached hydrogens (tertiary/aromatic N) is 1. The van der Waals surface area contributed by atoms with Gasteiger partial charge in [0.2, 0.25) is 0 Å². The molecular formula is C30H45NO. The van der Waals surface area contributed by atoms with Gasteiger partial charge in [0.1, 0.15) is 5.75 Å². The predicted molar refractivity (Wildman–Crippen MR) is 137 cm³/mol. The highest BCUT2D eigenvalue weighted by Crippen LogP contribution is 2.34. The van der Waals surface area contributed by atoms with Gasteiger partial charge in [-0.25, -0.2) is 0 Å². The standard InChI is InChI=1S/C30H45NO/c1-3-5-6-7-8-9-10-25-11-13-26(14-12-25)15-16-27-17-19-28(20-18-27)30-22-21-29(24-31-30)32-23-4-2/h17-22,24-26H,3-16,23H2,1-2H3. The summed E-state index contributed by atoms with van der Waals surface area (Å²) in [5.74, 6) is 2.81. The number of aromatic nitrogens is 1. The largest absolute Gasteiger partial charge is 0.492 e. The molecule has 0 radical (unpaired) electrons. The fourth-order valence-corrected chi connectivity index (χ4v) is 5.09. The van der Waals surface area contributed by atoms with Crippen LogP contribution in [0.1, 0.15) is 103 Å². The Labute approximate surface area is 197 Å². The number of ether oxygens (including phenoxy) is 1. The van der Waals surface area contributed by atoms with Crippen LogP contribution in [0.2, 0.25) is 0 Å². The van der Waals surface area contributed by atoms with Crippen LogP contribution in [0.25, 0.3) is 11.3 Å². The molecule has 1 fully saturated rings. The number of aryl methyl sites for hydroxylation is 1. The molecule has 3 rings (SSSR count). The van der Waals surface area contributed by atoms with E-state index in [4.69, 9.17) is 4.74 Å². The molecule has 0 bridgehead atoms. The van der Waals surface area contributed by atoms with Crippen molar-refractivity contribution in [3.8, 4) is 17.0 Å². The Hall–Kier alpha value is -1.83. The zero-order chi connectivity index (χ0) is 22.4. The first-order valence-corrected chi connectivity index (χ1v) is 13.5. The molecule has 0 spiro atoms. The lowest BCUT2D eigenvalue weighted by Gasteiger charge is -2.28. The molecule has 32 heavy (non-hydrogen) atoms. The van der Waals surface area contributed by atoms with Crippen molar-refractivity contribution in [1.29, 1.82) is 0 Å². The van der Waals surface area contributed by atoms with Crippen molar-refractivity contribution < 1.29 is 4.74 Å². The SMILES string of the molecule is CCCCCCCCC1CCC(CCc2ccc(-c3ccc(OCCC)cn3)cc2)CC1. The van der Waals surface area contributed by atoms with Crippen molar-refractivity contribution in [2.45, 2.75) is 104 Å². The molecule has 1 aromatic carbocycles. The Morgan fingerprint density at radius 3 is 2.09 bits per heavy atom.